The fourth-order valence-electron chi connectivity index (χ4n) is 2.34. The van der Waals surface area contributed by atoms with Crippen LogP contribution in [-0.4, -0.2) is 6.54 Å². The minimum Gasteiger partial charge on any atom is -0.312 e. The highest BCUT2D eigenvalue weighted by Crippen LogP contribution is 2.22. The van der Waals surface area contributed by atoms with Gasteiger partial charge in [0.2, 0.25) is 0 Å². The molecule has 0 aromatic heterocycles. The molecule has 124 valence electrons. The number of hydrogen-bond donors (Lipinski definition) is 1. The predicted octanol–water partition coefficient (Wildman–Crippen LogP) is 4.73. The standard InChI is InChI=1S/C19H22F3N/c1-19(2,3)15-7-4-13(5-8-15)12-23-11-10-14-6-9-16(20)18(22)17(14)21/h4-9,23H,10-12H2,1-3H3. The summed E-state index contributed by atoms with van der Waals surface area (Å²) in [6, 6.07) is 10.6. The molecule has 0 aliphatic rings. The van der Waals surface area contributed by atoms with Crippen LogP contribution in [0.3, 0.4) is 0 Å². The van der Waals surface area contributed by atoms with Crippen LogP contribution >= 0.6 is 0 Å². The van der Waals surface area contributed by atoms with E-state index in [0.29, 0.717) is 19.5 Å². The Balaban J connectivity index is 1.85. The first kappa shape index (κ1) is 17.5. The van der Waals surface area contributed by atoms with E-state index in [1.807, 2.05) is 0 Å². The average molecular weight is 321 g/mol. The molecule has 0 aliphatic heterocycles. The maximum Gasteiger partial charge on any atom is 0.194 e. The van der Waals surface area contributed by atoms with Crippen molar-refractivity contribution in [3.05, 3.63) is 70.5 Å². The lowest BCUT2D eigenvalue weighted by atomic mass is 9.87. The summed E-state index contributed by atoms with van der Waals surface area (Å²) in [6.07, 6.45) is 0.309. The summed E-state index contributed by atoms with van der Waals surface area (Å²) in [7, 11) is 0. The van der Waals surface area contributed by atoms with Gasteiger partial charge < -0.3 is 5.32 Å². The summed E-state index contributed by atoms with van der Waals surface area (Å²) >= 11 is 0. The first-order valence-corrected chi connectivity index (χ1v) is 7.71. The Morgan fingerprint density at radius 3 is 2.13 bits per heavy atom. The van der Waals surface area contributed by atoms with E-state index in [0.717, 1.165) is 11.6 Å². The second kappa shape index (κ2) is 7.18. The zero-order valence-corrected chi connectivity index (χ0v) is 13.7. The van der Waals surface area contributed by atoms with Gasteiger partial charge in [-0.2, -0.15) is 0 Å². The molecule has 0 spiro atoms. The van der Waals surface area contributed by atoms with Crippen LogP contribution in [0.1, 0.15) is 37.5 Å². The third-order valence-electron chi connectivity index (χ3n) is 3.84. The summed E-state index contributed by atoms with van der Waals surface area (Å²) in [5, 5.41) is 3.19. The normalized spacial score (nSPS) is 11.7. The highest BCUT2D eigenvalue weighted by atomic mass is 19.2. The maximum atomic E-state index is 13.5. The first-order valence-electron chi connectivity index (χ1n) is 7.71. The molecule has 0 saturated carbocycles. The van der Waals surface area contributed by atoms with Crippen molar-refractivity contribution >= 4 is 0 Å². The van der Waals surface area contributed by atoms with Crippen molar-refractivity contribution in [2.45, 2.75) is 39.2 Å². The number of rotatable bonds is 5. The van der Waals surface area contributed by atoms with Gasteiger partial charge in [-0.15, -0.1) is 0 Å². The second-order valence-corrected chi connectivity index (χ2v) is 6.71. The number of benzene rings is 2. The van der Waals surface area contributed by atoms with Crippen molar-refractivity contribution in [1.29, 1.82) is 0 Å². The Kier molecular flexibility index (Phi) is 5.47. The molecule has 2 aromatic rings. The van der Waals surface area contributed by atoms with Gasteiger partial charge in [-0.25, -0.2) is 13.2 Å². The van der Waals surface area contributed by atoms with Gasteiger partial charge in [-0.3, -0.25) is 0 Å². The Hall–Kier alpha value is -1.81. The van der Waals surface area contributed by atoms with Crippen LogP contribution in [0.4, 0.5) is 13.2 Å². The van der Waals surface area contributed by atoms with Gasteiger partial charge in [0.1, 0.15) is 0 Å². The van der Waals surface area contributed by atoms with Crippen LogP contribution < -0.4 is 5.32 Å². The van der Waals surface area contributed by atoms with Crippen LogP contribution in [0.5, 0.6) is 0 Å². The summed E-state index contributed by atoms with van der Waals surface area (Å²) in [5.41, 5.74) is 2.70. The van der Waals surface area contributed by atoms with Crippen LogP contribution in [0, 0.1) is 17.5 Å². The molecule has 2 rings (SSSR count). The number of hydrogen-bond acceptors (Lipinski definition) is 1. The third-order valence-corrected chi connectivity index (χ3v) is 3.84. The van der Waals surface area contributed by atoms with Gasteiger partial charge in [0.05, 0.1) is 0 Å². The van der Waals surface area contributed by atoms with E-state index in [1.165, 1.54) is 11.6 Å². The topological polar surface area (TPSA) is 12.0 Å². The lowest BCUT2D eigenvalue weighted by Gasteiger charge is -2.19. The SMILES string of the molecule is CC(C)(C)c1ccc(CNCCc2ccc(F)c(F)c2F)cc1. The van der Waals surface area contributed by atoms with E-state index < -0.39 is 17.5 Å². The molecule has 0 amide bonds. The van der Waals surface area contributed by atoms with Crippen LogP contribution in [0.2, 0.25) is 0 Å². The van der Waals surface area contributed by atoms with Gasteiger partial charge in [-0.1, -0.05) is 51.1 Å². The molecule has 0 fully saturated rings. The summed E-state index contributed by atoms with van der Waals surface area (Å²) in [5.74, 6) is -3.65. The van der Waals surface area contributed by atoms with Crippen molar-refractivity contribution in [1.82, 2.24) is 5.32 Å². The Morgan fingerprint density at radius 2 is 1.52 bits per heavy atom. The minimum atomic E-state index is -1.40. The van der Waals surface area contributed by atoms with Crippen molar-refractivity contribution in [2.24, 2.45) is 0 Å². The molecule has 0 heterocycles. The molecular formula is C19H22F3N. The highest BCUT2D eigenvalue weighted by molar-refractivity contribution is 5.27. The molecule has 4 heteroatoms. The van der Waals surface area contributed by atoms with Crippen LogP contribution in [0.25, 0.3) is 0 Å². The molecule has 23 heavy (non-hydrogen) atoms. The van der Waals surface area contributed by atoms with Crippen LogP contribution in [-0.2, 0) is 18.4 Å². The fourth-order valence-corrected chi connectivity index (χ4v) is 2.34. The summed E-state index contributed by atoms with van der Waals surface area (Å²) in [6.45, 7) is 7.63. The molecule has 1 N–H and O–H groups in total. The lowest BCUT2D eigenvalue weighted by Crippen LogP contribution is -2.18. The molecule has 0 atom stereocenters. The Bertz CT molecular complexity index is 658. The molecule has 0 unspecified atom stereocenters. The van der Waals surface area contributed by atoms with Gasteiger partial charge >= 0.3 is 0 Å². The molecule has 1 nitrogen and oxygen atoms in total. The zero-order valence-electron chi connectivity index (χ0n) is 13.7. The molecule has 0 bridgehead atoms. The van der Waals surface area contributed by atoms with Crippen molar-refractivity contribution < 1.29 is 13.2 Å². The van der Waals surface area contributed by atoms with E-state index in [9.17, 15) is 13.2 Å². The molecule has 2 aromatic carbocycles. The van der Waals surface area contributed by atoms with E-state index in [-0.39, 0.29) is 11.0 Å². The molecular weight excluding hydrogens is 299 g/mol. The largest absolute Gasteiger partial charge is 0.312 e. The third kappa shape index (κ3) is 4.58. The number of halogens is 3. The smallest absolute Gasteiger partial charge is 0.194 e. The zero-order chi connectivity index (χ0) is 17.0. The average Bonchev–Trinajstić information content (AvgIpc) is 2.51. The lowest BCUT2D eigenvalue weighted by molar-refractivity contribution is 0.440. The van der Waals surface area contributed by atoms with Crippen molar-refractivity contribution in [2.75, 3.05) is 6.54 Å². The Morgan fingerprint density at radius 1 is 0.870 bits per heavy atom. The quantitative estimate of drug-likeness (QED) is 0.620. The number of nitrogens with one attached hydrogen (secondary N) is 1. The van der Waals surface area contributed by atoms with E-state index in [1.54, 1.807) is 0 Å². The van der Waals surface area contributed by atoms with Crippen LogP contribution in [0.15, 0.2) is 36.4 Å². The molecule has 0 aliphatic carbocycles. The molecule has 0 radical (unpaired) electrons. The second-order valence-electron chi connectivity index (χ2n) is 6.71. The van der Waals surface area contributed by atoms with Gasteiger partial charge in [0.25, 0.3) is 0 Å². The van der Waals surface area contributed by atoms with E-state index in [2.05, 4.69) is 50.4 Å². The summed E-state index contributed by atoms with van der Waals surface area (Å²) < 4.78 is 39.5. The Labute approximate surface area is 135 Å². The van der Waals surface area contributed by atoms with Crippen molar-refractivity contribution in [3.63, 3.8) is 0 Å². The molecule has 0 saturated heterocycles. The minimum absolute atomic E-state index is 0.121. The van der Waals surface area contributed by atoms with E-state index >= 15 is 0 Å². The monoisotopic (exact) mass is 321 g/mol. The van der Waals surface area contributed by atoms with E-state index in [4.69, 9.17) is 0 Å². The van der Waals surface area contributed by atoms with Gasteiger partial charge in [-0.05, 0) is 41.1 Å². The van der Waals surface area contributed by atoms with Crippen molar-refractivity contribution in [3.8, 4) is 0 Å². The van der Waals surface area contributed by atoms with Gasteiger partial charge in [0.15, 0.2) is 17.5 Å². The highest BCUT2D eigenvalue weighted by Gasteiger charge is 2.13. The first-order chi connectivity index (χ1) is 10.8. The fraction of sp³-hybridized carbons (Fsp3) is 0.368. The maximum absolute atomic E-state index is 13.5. The predicted molar refractivity (Wildman–Crippen MR) is 86.9 cm³/mol. The van der Waals surface area contributed by atoms with Gasteiger partial charge in [0, 0.05) is 6.54 Å². The summed E-state index contributed by atoms with van der Waals surface area (Å²) in [4.78, 5) is 0.